The largest absolute Gasteiger partial charge is 0.387 e. The van der Waals surface area contributed by atoms with Gasteiger partial charge in [-0.2, -0.15) is 0 Å². The average molecular weight is 398 g/mol. The first kappa shape index (κ1) is 19.0. The molecule has 2 aliphatic rings. The fourth-order valence-electron chi connectivity index (χ4n) is 3.94. The molecule has 2 aromatic carbocycles. The molecule has 1 N–H and O–H groups in total. The van der Waals surface area contributed by atoms with Crippen LogP contribution in [0.1, 0.15) is 24.8 Å². The smallest absolute Gasteiger partial charge is 0.273 e. The van der Waals surface area contributed by atoms with E-state index in [9.17, 15) is 4.79 Å². The van der Waals surface area contributed by atoms with Gasteiger partial charge >= 0.3 is 0 Å². The Morgan fingerprint density at radius 3 is 2.89 bits per heavy atom. The van der Waals surface area contributed by atoms with Crippen LogP contribution in [-0.2, 0) is 16.1 Å². The minimum Gasteiger partial charge on any atom is -0.387 e. The summed E-state index contributed by atoms with van der Waals surface area (Å²) in [6.07, 6.45) is 3.53. The number of nitrogens with one attached hydrogen (secondary N) is 1. The van der Waals surface area contributed by atoms with Gasteiger partial charge in [-0.25, -0.2) is 0 Å². The number of oxime groups is 1. The Morgan fingerprint density at radius 2 is 2.07 bits per heavy atom. The number of carbonyl (C=O) groups is 1. The maximum absolute atomic E-state index is 12.6. The third-order valence-corrected chi connectivity index (χ3v) is 5.60. The number of benzene rings is 2. The predicted octanol–water partition coefficient (Wildman–Crippen LogP) is 4.13. The van der Waals surface area contributed by atoms with Gasteiger partial charge in [0.25, 0.3) is 5.91 Å². The van der Waals surface area contributed by atoms with Gasteiger partial charge in [0.1, 0.15) is 5.71 Å². The van der Waals surface area contributed by atoms with E-state index in [4.69, 9.17) is 16.4 Å². The van der Waals surface area contributed by atoms with Gasteiger partial charge in [-0.05, 0) is 49.6 Å². The molecule has 0 aliphatic carbocycles. The van der Waals surface area contributed by atoms with Crippen molar-refractivity contribution in [3.05, 3.63) is 65.2 Å². The number of likely N-dealkylation sites (tertiary alicyclic amines) is 1. The van der Waals surface area contributed by atoms with Gasteiger partial charge in [-0.1, -0.05) is 53.2 Å². The van der Waals surface area contributed by atoms with Crippen LogP contribution in [0.5, 0.6) is 0 Å². The highest BCUT2D eigenvalue weighted by Gasteiger charge is 2.44. The molecule has 1 saturated heterocycles. The molecule has 4 rings (SSSR count). The summed E-state index contributed by atoms with van der Waals surface area (Å²) in [5, 5.41) is 7.57. The fraction of sp³-hybridized carbons (Fsp3) is 0.364. The van der Waals surface area contributed by atoms with Gasteiger partial charge in [-0.3, -0.25) is 9.69 Å². The average Bonchev–Trinajstić information content (AvgIpc) is 3.11. The summed E-state index contributed by atoms with van der Waals surface area (Å²) in [6, 6.07) is 17.6. The van der Waals surface area contributed by atoms with Crippen LogP contribution in [0.25, 0.3) is 0 Å². The van der Waals surface area contributed by atoms with E-state index in [1.165, 1.54) is 5.56 Å². The topological polar surface area (TPSA) is 53.9 Å². The molecule has 2 aromatic rings. The molecule has 5 nitrogen and oxygen atoms in total. The lowest BCUT2D eigenvalue weighted by molar-refractivity contribution is -0.110. The van der Waals surface area contributed by atoms with Crippen molar-refractivity contribution in [1.82, 2.24) is 4.90 Å². The van der Waals surface area contributed by atoms with Crippen molar-refractivity contribution in [2.45, 2.75) is 31.3 Å². The predicted molar refractivity (Wildman–Crippen MR) is 112 cm³/mol. The van der Waals surface area contributed by atoms with Crippen molar-refractivity contribution in [3.8, 4) is 0 Å². The van der Waals surface area contributed by atoms with Crippen LogP contribution in [0.3, 0.4) is 0 Å². The first-order valence-electron chi connectivity index (χ1n) is 9.70. The lowest BCUT2D eigenvalue weighted by Gasteiger charge is -2.38. The molecule has 2 heterocycles. The highest BCUT2D eigenvalue weighted by atomic mass is 35.5. The van der Waals surface area contributed by atoms with Crippen molar-refractivity contribution in [3.63, 3.8) is 0 Å². The number of rotatable bonds is 5. The number of carbonyl (C=O) groups excluding carboxylic acids is 1. The normalized spacial score (nSPS) is 22.0. The van der Waals surface area contributed by atoms with E-state index >= 15 is 0 Å². The van der Waals surface area contributed by atoms with Gasteiger partial charge in [0.15, 0.2) is 5.60 Å². The monoisotopic (exact) mass is 397 g/mol. The Morgan fingerprint density at radius 1 is 1.21 bits per heavy atom. The van der Waals surface area contributed by atoms with Crippen LogP contribution >= 0.6 is 11.6 Å². The molecule has 0 aromatic heterocycles. The number of piperidine rings is 1. The standard InChI is InChI=1S/C22H24ClN3O2/c23-18-8-4-9-19(14-18)24-21(27)20-15-22(28-25-20)11-5-12-26(16-22)13-10-17-6-2-1-3-7-17/h1-4,6-9,14H,5,10-13,15-16H2,(H,24,27). The quantitative estimate of drug-likeness (QED) is 0.825. The molecule has 0 saturated carbocycles. The second-order valence-corrected chi connectivity index (χ2v) is 8.01. The SMILES string of the molecule is O=C(Nc1cccc(Cl)c1)C1=NOC2(CCCN(CCc3ccccc3)C2)C1. The second kappa shape index (κ2) is 8.33. The first-order chi connectivity index (χ1) is 13.6. The highest BCUT2D eigenvalue weighted by Crippen LogP contribution is 2.33. The lowest BCUT2D eigenvalue weighted by Crippen LogP contribution is -2.49. The Kier molecular flexibility index (Phi) is 5.64. The highest BCUT2D eigenvalue weighted by molar-refractivity contribution is 6.43. The molecule has 0 radical (unpaired) electrons. The number of amides is 1. The third kappa shape index (κ3) is 4.54. The molecule has 1 atom stereocenters. The summed E-state index contributed by atoms with van der Waals surface area (Å²) in [4.78, 5) is 20.8. The van der Waals surface area contributed by atoms with E-state index in [0.717, 1.165) is 38.9 Å². The number of hydrogen-bond donors (Lipinski definition) is 1. The second-order valence-electron chi connectivity index (χ2n) is 7.57. The molecule has 1 unspecified atom stereocenters. The molecule has 146 valence electrons. The van der Waals surface area contributed by atoms with Crippen molar-refractivity contribution in [1.29, 1.82) is 0 Å². The molecule has 28 heavy (non-hydrogen) atoms. The Balaban J connectivity index is 1.33. The summed E-state index contributed by atoms with van der Waals surface area (Å²) in [6.45, 7) is 2.85. The number of halogens is 1. The van der Waals surface area contributed by atoms with Crippen LogP contribution in [-0.4, -0.2) is 41.8 Å². The summed E-state index contributed by atoms with van der Waals surface area (Å²) >= 11 is 5.98. The number of hydrogen-bond acceptors (Lipinski definition) is 4. The summed E-state index contributed by atoms with van der Waals surface area (Å²) in [5.41, 5.74) is 2.07. The van der Waals surface area contributed by atoms with Crippen LogP contribution in [0, 0.1) is 0 Å². The van der Waals surface area contributed by atoms with Gasteiger partial charge in [0, 0.05) is 30.2 Å². The Hall–Kier alpha value is -2.37. The van der Waals surface area contributed by atoms with Crippen LogP contribution in [0.2, 0.25) is 5.02 Å². The lowest BCUT2D eigenvalue weighted by atomic mass is 9.88. The zero-order valence-corrected chi connectivity index (χ0v) is 16.5. The fourth-order valence-corrected chi connectivity index (χ4v) is 4.14. The third-order valence-electron chi connectivity index (χ3n) is 5.36. The summed E-state index contributed by atoms with van der Waals surface area (Å²) in [5.74, 6) is -0.222. The maximum Gasteiger partial charge on any atom is 0.273 e. The maximum atomic E-state index is 12.6. The number of anilines is 1. The van der Waals surface area contributed by atoms with Gasteiger partial charge in [-0.15, -0.1) is 0 Å². The van der Waals surface area contributed by atoms with Crippen molar-refractivity contribution in [2.75, 3.05) is 25.0 Å². The van der Waals surface area contributed by atoms with E-state index in [0.29, 0.717) is 22.8 Å². The zero-order chi connectivity index (χ0) is 19.4. The van der Waals surface area contributed by atoms with Gasteiger partial charge in [0.2, 0.25) is 0 Å². The van der Waals surface area contributed by atoms with Gasteiger partial charge in [0.05, 0.1) is 0 Å². The molecular formula is C22H24ClN3O2. The minimum atomic E-state index is -0.379. The Bertz CT molecular complexity index is 871. The first-order valence-corrected chi connectivity index (χ1v) is 10.1. The Labute approximate surface area is 170 Å². The van der Waals surface area contributed by atoms with Crippen LogP contribution in [0.15, 0.2) is 59.8 Å². The van der Waals surface area contributed by atoms with E-state index in [-0.39, 0.29) is 11.5 Å². The van der Waals surface area contributed by atoms with Crippen LogP contribution < -0.4 is 5.32 Å². The van der Waals surface area contributed by atoms with Crippen LogP contribution in [0.4, 0.5) is 5.69 Å². The van der Waals surface area contributed by atoms with E-state index in [1.54, 1.807) is 18.2 Å². The van der Waals surface area contributed by atoms with Crippen molar-refractivity contribution in [2.24, 2.45) is 5.16 Å². The van der Waals surface area contributed by atoms with E-state index < -0.39 is 0 Å². The van der Waals surface area contributed by atoms with E-state index in [2.05, 4.69) is 39.6 Å². The van der Waals surface area contributed by atoms with Gasteiger partial charge < -0.3 is 10.2 Å². The van der Waals surface area contributed by atoms with E-state index in [1.807, 2.05) is 12.1 Å². The molecule has 2 aliphatic heterocycles. The summed E-state index contributed by atoms with van der Waals surface area (Å²) in [7, 11) is 0. The number of nitrogens with zero attached hydrogens (tertiary/aromatic N) is 2. The molecule has 6 heteroatoms. The molecule has 1 spiro atoms. The molecular weight excluding hydrogens is 374 g/mol. The van der Waals surface area contributed by atoms with Crippen molar-refractivity contribution >= 4 is 28.9 Å². The molecule has 1 amide bonds. The zero-order valence-electron chi connectivity index (χ0n) is 15.7. The molecule has 1 fully saturated rings. The van der Waals surface area contributed by atoms with Crippen molar-refractivity contribution < 1.29 is 9.63 Å². The minimum absolute atomic E-state index is 0.222. The molecule has 0 bridgehead atoms. The summed E-state index contributed by atoms with van der Waals surface area (Å²) < 4.78 is 0.